The molecule has 6 heteroatoms. The predicted octanol–water partition coefficient (Wildman–Crippen LogP) is 5.42. The number of amides is 2. The fraction of sp³-hybridized carbons (Fsp3) is 0.517. The van der Waals surface area contributed by atoms with Gasteiger partial charge in [0.2, 0.25) is 11.8 Å². The summed E-state index contributed by atoms with van der Waals surface area (Å²) in [5.74, 6) is 1.47. The standard InChI is InChI=1S/C29H40N2O4/c1-4-27(29(33)30-24-12-6-5-7-13-24)31(21-23-11-8-10-22(2)20-23)28(32)14-9-19-35-26-17-15-25(34-3)16-18-26/h8,10-11,15-18,20,24,27H,4-7,9,12-14,19,21H2,1-3H3,(H,30,33)/t27-/m1/s1. The molecule has 0 unspecified atom stereocenters. The van der Waals surface area contributed by atoms with Crippen LogP contribution in [-0.4, -0.2) is 42.5 Å². The molecule has 0 aromatic heterocycles. The number of rotatable bonds is 12. The molecule has 35 heavy (non-hydrogen) atoms. The van der Waals surface area contributed by atoms with Crippen molar-refractivity contribution in [3.8, 4) is 11.5 Å². The van der Waals surface area contributed by atoms with Gasteiger partial charge in [0.1, 0.15) is 17.5 Å². The molecule has 1 saturated carbocycles. The van der Waals surface area contributed by atoms with E-state index in [0.717, 1.165) is 48.3 Å². The number of nitrogens with one attached hydrogen (secondary N) is 1. The molecular formula is C29H40N2O4. The SMILES string of the molecule is CC[C@H](C(=O)NC1CCCCC1)N(Cc1cccc(C)c1)C(=O)CCCOc1ccc(OC)cc1. The highest BCUT2D eigenvalue weighted by Crippen LogP contribution is 2.20. The quantitative estimate of drug-likeness (QED) is 0.412. The molecule has 0 aliphatic heterocycles. The third-order valence-corrected chi connectivity index (χ3v) is 6.64. The minimum atomic E-state index is -0.479. The van der Waals surface area contributed by atoms with Crippen molar-refractivity contribution in [1.82, 2.24) is 10.2 Å². The molecule has 1 N–H and O–H groups in total. The first kappa shape index (κ1) is 26.6. The first-order valence-corrected chi connectivity index (χ1v) is 12.9. The first-order valence-electron chi connectivity index (χ1n) is 12.9. The van der Waals surface area contributed by atoms with Crippen LogP contribution in [0, 0.1) is 6.92 Å². The van der Waals surface area contributed by atoms with Gasteiger partial charge in [-0.1, -0.05) is 56.0 Å². The van der Waals surface area contributed by atoms with Crippen LogP contribution in [0.15, 0.2) is 48.5 Å². The summed E-state index contributed by atoms with van der Waals surface area (Å²) in [6.07, 6.45) is 7.08. The summed E-state index contributed by atoms with van der Waals surface area (Å²) in [6.45, 7) is 4.88. The number of benzene rings is 2. The van der Waals surface area contributed by atoms with Gasteiger partial charge in [-0.05, 0) is 62.4 Å². The predicted molar refractivity (Wildman–Crippen MR) is 139 cm³/mol. The molecule has 6 nitrogen and oxygen atoms in total. The summed E-state index contributed by atoms with van der Waals surface area (Å²) in [4.78, 5) is 28.4. The summed E-state index contributed by atoms with van der Waals surface area (Å²) in [6, 6.07) is 15.3. The second-order valence-corrected chi connectivity index (χ2v) is 9.41. The Hall–Kier alpha value is -3.02. The van der Waals surface area contributed by atoms with E-state index in [1.165, 1.54) is 6.42 Å². The number of nitrogens with zero attached hydrogens (tertiary/aromatic N) is 1. The van der Waals surface area contributed by atoms with Gasteiger partial charge in [-0.3, -0.25) is 9.59 Å². The Morgan fingerprint density at radius 2 is 1.77 bits per heavy atom. The van der Waals surface area contributed by atoms with Gasteiger partial charge in [0.15, 0.2) is 0 Å². The molecule has 0 saturated heterocycles. The largest absolute Gasteiger partial charge is 0.497 e. The number of hydrogen-bond donors (Lipinski definition) is 1. The van der Waals surface area contributed by atoms with Crippen LogP contribution in [0.4, 0.5) is 0 Å². The fourth-order valence-corrected chi connectivity index (χ4v) is 4.70. The number of methoxy groups -OCH3 is 1. The van der Waals surface area contributed by atoms with Crippen LogP contribution in [0.1, 0.15) is 69.4 Å². The van der Waals surface area contributed by atoms with Crippen molar-refractivity contribution in [2.75, 3.05) is 13.7 Å². The zero-order chi connectivity index (χ0) is 25.0. The van der Waals surface area contributed by atoms with Crippen molar-refractivity contribution >= 4 is 11.8 Å². The molecule has 1 aliphatic rings. The van der Waals surface area contributed by atoms with Crippen molar-refractivity contribution < 1.29 is 19.1 Å². The number of hydrogen-bond acceptors (Lipinski definition) is 4. The second kappa shape index (κ2) is 13.8. The van der Waals surface area contributed by atoms with Gasteiger partial charge in [0.25, 0.3) is 0 Å². The smallest absolute Gasteiger partial charge is 0.243 e. The lowest BCUT2D eigenvalue weighted by Gasteiger charge is -2.33. The molecule has 1 fully saturated rings. The van der Waals surface area contributed by atoms with Gasteiger partial charge in [-0.2, -0.15) is 0 Å². The molecule has 2 amide bonds. The Balaban J connectivity index is 1.63. The van der Waals surface area contributed by atoms with Gasteiger partial charge in [-0.15, -0.1) is 0 Å². The molecule has 2 aromatic rings. The average molecular weight is 481 g/mol. The normalized spacial score (nSPS) is 14.7. The number of carbonyl (C=O) groups is 2. The summed E-state index contributed by atoms with van der Waals surface area (Å²) < 4.78 is 11.0. The van der Waals surface area contributed by atoms with E-state index in [1.54, 1.807) is 12.0 Å². The zero-order valence-electron chi connectivity index (χ0n) is 21.4. The number of ether oxygens (including phenoxy) is 2. The lowest BCUT2D eigenvalue weighted by Crippen LogP contribution is -2.51. The summed E-state index contributed by atoms with van der Waals surface area (Å²) in [5, 5.41) is 3.23. The van der Waals surface area contributed by atoms with E-state index in [2.05, 4.69) is 11.4 Å². The second-order valence-electron chi connectivity index (χ2n) is 9.41. The van der Waals surface area contributed by atoms with Crippen LogP contribution in [0.25, 0.3) is 0 Å². The Morgan fingerprint density at radius 3 is 2.43 bits per heavy atom. The molecule has 2 aromatic carbocycles. The van der Waals surface area contributed by atoms with Gasteiger partial charge >= 0.3 is 0 Å². The van der Waals surface area contributed by atoms with Crippen LogP contribution < -0.4 is 14.8 Å². The van der Waals surface area contributed by atoms with Crippen molar-refractivity contribution in [3.63, 3.8) is 0 Å². The van der Waals surface area contributed by atoms with E-state index in [0.29, 0.717) is 32.4 Å². The monoisotopic (exact) mass is 480 g/mol. The third-order valence-electron chi connectivity index (χ3n) is 6.64. The van der Waals surface area contributed by atoms with E-state index < -0.39 is 6.04 Å². The molecule has 0 heterocycles. The molecule has 0 bridgehead atoms. The topological polar surface area (TPSA) is 67.9 Å². The van der Waals surface area contributed by atoms with Crippen LogP contribution in [0.2, 0.25) is 0 Å². The zero-order valence-corrected chi connectivity index (χ0v) is 21.4. The highest BCUT2D eigenvalue weighted by Gasteiger charge is 2.30. The maximum absolute atomic E-state index is 13.4. The Kier molecular flexibility index (Phi) is 10.5. The van der Waals surface area contributed by atoms with E-state index in [4.69, 9.17) is 9.47 Å². The fourth-order valence-electron chi connectivity index (χ4n) is 4.70. The molecule has 0 radical (unpaired) electrons. The minimum Gasteiger partial charge on any atom is -0.497 e. The molecular weight excluding hydrogens is 440 g/mol. The van der Waals surface area contributed by atoms with Gasteiger partial charge in [0, 0.05) is 19.0 Å². The highest BCUT2D eigenvalue weighted by atomic mass is 16.5. The Labute approximate surface area is 210 Å². The molecule has 3 rings (SSSR count). The van der Waals surface area contributed by atoms with Gasteiger partial charge in [0.05, 0.1) is 13.7 Å². The minimum absolute atomic E-state index is 0.0181. The van der Waals surface area contributed by atoms with Crippen molar-refractivity contribution in [1.29, 1.82) is 0 Å². The van der Waals surface area contributed by atoms with Crippen molar-refractivity contribution in [2.45, 2.75) is 83.8 Å². The van der Waals surface area contributed by atoms with Crippen LogP contribution in [0.3, 0.4) is 0 Å². The van der Waals surface area contributed by atoms with E-state index in [1.807, 2.05) is 56.3 Å². The Bertz CT molecular complexity index is 938. The summed E-state index contributed by atoms with van der Waals surface area (Å²) >= 11 is 0. The molecule has 190 valence electrons. The maximum atomic E-state index is 13.4. The van der Waals surface area contributed by atoms with Crippen LogP contribution in [-0.2, 0) is 16.1 Å². The molecule has 1 atom stereocenters. The highest BCUT2D eigenvalue weighted by molar-refractivity contribution is 5.87. The maximum Gasteiger partial charge on any atom is 0.243 e. The van der Waals surface area contributed by atoms with Crippen molar-refractivity contribution in [2.24, 2.45) is 0 Å². The molecule has 0 spiro atoms. The average Bonchev–Trinajstić information content (AvgIpc) is 2.87. The van der Waals surface area contributed by atoms with Crippen molar-refractivity contribution in [3.05, 3.63) is 59.7 Å². The van der Waals surface area contributed by atoms with Crippen LogP contribution in [0.5, 0.6) is 11.5 Å². The van der Waals surface area contributed by atoms with Gasteiger partial charge in [-0.25, -0.2) is 0 Å². The van der Waals surface area contributed by atoms with E-state index >= 15 is 0 Å². The van der Waals surface area contributed by atoms with Crippen LogP contribution >= 0.6 is 0 Å². The van der Waals surface area contributed by atoms with E-state index in [9.17, 15) is 9.59 Å². The lowest BCUT2D eigenvalue weighted by atomic mass is 9.95. The third kappa shape index (κ3) is 8.30. The first-order chi connectivity index (χ1) is 17.0. The Morgan fingerprint density at radius 1 is 1.06 bits per heavy atom. The van der Waals surface area contributed by atoms with E-state index in [-0.39, 0.29) is 17.9 Å². The lowest BCUT2D eigenvalue weighted by molar-refractivity contribution is -0.142. The summed E-state index contributed by atoms with van der Waals surface area (Å²) in [7, 11) is 1.63. The summed E-state index contributed by atoms with van der Waals surface area (Å²) in [5.41, 5.74) is 2.18. The number of carbonyl (C=O) groups excluding carboxylic acids is 2. The number of aryl methyl sites for hydroxylation is 1. The van der Waals surface area contributed by atoms with Gasteiger partial charge < -0.3 is 19.7 Å². The molecule has 1 aliphatic carbocycles.